The van der Waals surface area contributed by atoms with Crippen LogP contribution in [0.3, 0.4) is 0 Å². The molecule has 0 unspecified atom stereocenters. The summed E-state index contributed by atoms with van der Waals surface area (Å²) in [5.41, 5.74) is -0.360. The van der Waals surface area contributed by atoms with Gasteiger partial charge >= 0.3 is 0 Å². The fourth-order valence-electron chi connectivity index (χ4n) is 3.78. The lowest BCUT2D eigenvalue weighted by molar-refractivity contribution is 0.0105. The zero-order chi connectivity index (χ0) is 17.2. The molecule has 0 aliphatic heterocycles. The summed E-state index contributed by atoms with van der Waals surface area (Å²) in [5.74, 6) is 0. The number of hydrogen-bond donors (Lipinski definition) is 1. The van der Waals surface area contributed by atoms with Crippen molar-refractivity contribution in [1.29, 1.82) is 0 Å². The van der Waals surface area contributed by atoms with Crippen molar-refractivity contribution in [2.45, 2.75) is 142 Å². The van der Waals surface area contributed by atoms with Crippen LogP contribution in [0.1, 0.15) is 136 Å². The molecule has 0 saturated heterocycles. The third kappa shape index (κ3) is 16.8. The first-order chi connectivity index (χ1) is 11.2. The highest BCUT2D eigenvalue weighted by molar-refractivity contribution is 4.77. The lowest BCUT2D eigenvalue weighted by atomic mass is 9.87. The van der Waals surface area contributed by atoms with Crippen LogP contribution in [-0.2, 0) is 0 Å². The van der Waals surface area contributed by atoms with E-state index in [1.807, 2.05) is 0 Å². The van der Waals surface area contributed by atoms with Crippen molar-refractivity contribution in [2.75, 3.05) is 0 Å². The van der Waals surface area contributed by atoms with E-state index in [1.165, 1.54) is 83.5 Å². The van der Waals surface area contributed by atoms with E-state index < -0.39 is 0 Å². The van der Waals surface area contributed by atoms with Crippen LogP contribution in [0, 0.1) is 0 Å². The van der Waals surface area contributed by atoms with Gasteiger partial charge in [-0.2, -0.15) is 0 Å². The molecule has 0 aromatic heterocycles. The first-order valence-corrected chi connectivity index (χ1v) is 10.9. The van der Waals surface area contributed by atoms with Crippen molar-refractivity contribution in [3.63, 3.8) is 0 Å². The largest absolute Gasteiger partial charge is 0.412 e. The van der Waals surface area contributed by atoms with Crippen LogP contribution in [0.2, 0.25) is 0 Å². The zero-order valence-electron chi connectivity index (χ0n) is 17.2. The molecule has 0 saturated carbocycles. The fourth-order valence-corrected chi connectivity index (χ4v) is 3.78. The summed E-state index contributed by atoms with van der Waals surface area (Å²) in [6.45, 7) is 6.66. The molecule has 0 aliphatic carbocycles. The highest BCUT2D eigenvalue weighted by atomic mass is 16.3. The summed E-state index contributed by atoms with van der Waals surface area (Å²) in [7, 11) is 0. The SMILES string of the molecule is CCCCCCCCCCCCCCCC(O)(CCC)CCC.O. The minimum atomic E-state index is -0.360. The Bertz CT molecular complexity index is 222. The lowest BCUT2D eigenvalue weighted by Crippen LogP contribution is -2.28. The molecule has 2 nitrogen and oxygen atoms in total. The molecule has 148 valence electrons. The third-order valence-corrected chi connectivity index (χ3v) is 5.18. The standard InChI is InChI=1S/C22H46O.H2O/c1-4-7-8-9-10-11-12-13-14-15-16-17-18-21-22(23,19-5-2)20-6-3;/h23H,4-21H2,1-3H3;1H2. The molecule has 0 bridgehead atoms. The molecule has 2 heteroatoms. The molecule has 0 rings (SSSR count). The second-order valence-corrected chi connectivity index (χ2v) is 7.72. The number of aliphatic hydroxyl groups is 1. The average molecular weight is 345 g/mol. The maximum Gasteiger partial charge on any atom is 0.0647 e. The normalized spacial score (nSPS) is 11.5. The maximum absolute atomic E-state index is 10.6. The Morgan fingerprint density at radius 2 is 0.792 bits per heavy atom. The Labute approximate surface area is 153 Å². The highest BCUT2D eigenvalue weighted by Crippen LogP contribution is 2.26. The van der Waals surface area contributed by atoms with Crippen LogP contribution < -0.4 is 0 Å². The second kappa shape index (κ2) is 19.2. The molecular formula is C22H48O2. The van der Waals surface area contributed by atoms with Crippen LogP contribution in [0.15, 0.2) is 0 Å². The van der Waals surface area contributed by atoms with E-state index in [0.29, 0.717) is 0 Å². The predicted octanol–water partition coefficient (Wildman–Crippen LogP) is 6.97. The molecule has 0 aliphatic rings. The molecule has 0 amide bonds. The molecule has 0 atom stereocenters. The monoisotopic (exact) mass is 344 g/mol. The third-order valence-electron chi connectivity index (χ3n) is 5.18. The smallest absolute Gasteiger partial charge is 0.0647 e. The first-order valence-electron chi connectivity index (χ1n) is 10.9. The van der Waals surface area contributed by atoms with Crippen LogP contribution in [0.25, 0.3) is 0 Å². The van der Waals surface area contributed by atoms with Gasteiger partial charge in [0.2, 0.25) is 0 Å². The van der Waals surface area contributed by atoms with Crippen LogP contribution in [0.4, 0.5) is 0 Å². The summed E-state index contributed by atoms with van der Waals surface area (Å²) in [4.78, 5) is 0. The molecule has 0 fully saturated rings. The van der Waals surface area contributed by atoms with E-state index in [9.17, 15) is 5.11 Å². The minimum Gasteiger partial charge on any atom is -0.412 e. The van der Waals surface area contributed by atoms with Crippen molar-refractivity contribution in [3.05, 3.63) is 0 Å². The quantitative estimate of drug-likeness (QED) is 0.268. The van der Waals surface area contributed by atoms with Gasteiger partial charge in [-0.3, -0.25) is 0 Å². The molecule has 0 aromatic rings. The Morgan fingerprint density at radius 1 is 0.458 bits per heavy atom. The number of rotatable bonds is 18. The van der Waals surface area contributed by atoms with Gasteiger partial charge in [0.25, 0.3) is 0 Å². The minimum absolute atomic E-state index is 0. The van der Waals surface area contributed by atoms with Gasteiger partial charge in [0.05, 0.1) is 5.60 Å². The predicted molar refractivity (Wildman–Crippen MR) is 109 cm³/mol. The van der Waals surface area contributed by atoms with Gasteiger partial charge in [0.1, 0.15) is 0 Å². The summed E-state index contributed by atoms with van der Waals surface area (Å²) < 4.78 is 0. The van der Waals surface area contributed by atoms with Gasteiger partial charge in [-0.25, -0.2) is 0 Å². The van der Waals surface area contributed by atoms with Crippen molar-refractivity contribution < 1.29 is 10.6 Å². The average Bonchev–Trinajstić information content (AvgIpc) is 2.52. The summed E-state index contributed by atoms with van der Waals surface area (Å²) >= 11 is 0. The molecule has 0 spiro atoms. The van der Waals surface area contributed by atoms with Crippen molar-refractivity contribution >= 4 is 0 Å². The van der Waals surface area contributed by atoms with Gasteiger partial charge in [-0.15, -0.1) is 0 Å². The molecular weight excluding hydrogens is 296 g/mol. The Balaban J connectivity index is 0. The molecule has 3 N–H and O–H groups in total. The Kier molecular flexibility index (Phi) is 21.0. The Hall–Kier alpha value is -0.0800. The van der Waals surface area contributed by atoms with E-state index in [-0.39, 0.29) is 11.1 Å². The second-order valence-electron chi connectivity index (χ2n) is 7.72. The van der Waals surface area contributed by atoms with E-state index in [4.69, 9.17) is 0 Å². The fraction of sp³-hybridized carbons (Fsp3) is 1.00. The van der Waals surface area contributed by atoms with Gasteiger partial charge < -0.3 is 10.6 Å². The molecule has 24 heavy (non-hydrogen) atoms. The van der Waals surface area contributed by atoms with Crippen LogP contribution >= 0.6 is 0 Å². The summed E-state index contributed by atoms with van der Waals surface area (Å²) in [6.07, 6.45) is 23.4. The van der Waals surface area contributed by atoms with Crippen LogP contribution in [-0.4, -0.2) is 16.2 Å². The van der Waals surface area contributed by atoms with Gasteiger partial charge in [0, 0.05) is 0 Å². The number of hydrogen-bond acceptors (Lipinski definition) is 1. The van der Waals surface area contributed by atoms with Crippen LogP contribution in [0.5, 0.6) is 0 Å². The zero-order valence-corrected chi connectivity index (χ0v) is 17.2. The van der Waals surface area contributed by atoms with E-state index in [2.05, 4.69) is 20.8 Å². The topological polar surface area (TPSA) is 51.7 Å². The van der Waals surface area contributed by atoms with Gasteiger partial charge in [-0.05, 0) is 19.3 Å². The van der Waals surface area contributed by atoms with E-state index in [1.54, 1.807) is 0 Å². The summed E-state index contributed by atoms with van der Waals surface area (Å²) in [6, 6.07) is 0. The van der Waals surface area contributed by atoms with Crippen molar-refractivity contribution in [3.8, 4) is 0 Å². The first kappa shape index (κ1) is 26.2. The van der Waals surface area contributed by atoms with E-state index in [0.717, 1.165) is 32.1 Å². The van der Waals surface area contributed by atoms with Gasteiger partial charge in [-0.1, -0.05) is 117 Å². The molecule has 0 radical (unpaired) electrons. The lowest BCUT2D eigenvalue weighted by Gasteiger charge is -2.27. The van der Waals surface area contributed by atoms with Crippen molar-refractivity contribution in [2.24, 2.45) is 0 Å². The van der Waals surface area contributed by atoms with Crippen molar-refractivity contribution in [1.82, 2.24) is 0 Å². The molecule has 0 aromatic carbocycles. The van der Waals surface area contributed by atoms with E-state index >= 15 is 0 Å². The number of unbranched alkanes of at least 4 members (excludes halogenated alkanes) is 12. The highest BCUT2D eigenvalue weighted by Gasteiger charge is 2.23. The van der Waals surface area contributed by atoms with Gasteiger partial charge in [0.15, 0.2) is 0 Å². The summed E-state index contributed by atoms with van der Waals surface area (Å²) in [5, 5.41) is 10.6. The maximum atomic E-state index is 10.6. The Morgan fingerprint density at radius 3 is 1.12 bits per heavy atom. The molecule has 0 heterocycles.